The maximum absolute atomic E-state index is 11.4. The smallest absolute Gasteiger partial charge is 0.221 e. The summed E-state index contributed by atoms with van der Waals surface area (Å²) in [4.78, 5) is 20.9. The van der Waals surface area contributed by atoms with Gasteiger partial charge in [0.25, 0.3) is 0 Å². The molecule has 0 aromatic heterocycles. The maximum atomic E-state index is 11.4. The zero-order chi connectivity index (χ0) is 20.8. The van der Waals surface area contributed by atoms with Crippen molar-refractivity contribution >= 4 is 11.9 Å². The number of nitrogens with two attached hydrogens (primary N) is 1. The molecule has 4 N–H and O–H groups in total. The Morgan fingerprint density at radius 2 is 2.04 bits per heavy atom. The summed E-state index contributed by atoms with van der Waals surface area (Å²) in [5.74, 6) is 0.774. The number of hydrogen-bond acceptors (Lipinski definition) is 4. The fourth-order valence-electron chi connectivity index (χ4n) is 3.76. The van der Waals surface area contributed by atoms with E-state index >= 15 is 0 Å². The molecule has 7 heteroatoms. The van der Waals surface area contributed by atoms with E-state index in [0.717, 1.165) is 84.0 Å². The summed E-state index contributed by atoms with van der Waals surface area (Å²) in [5.41, 5.74) is 5.46. The van der Waals surface area contributed by atoms with Gasteiger partial charge in [0.1, 0.15) is 0 Å². The summed E-state index contributed by atoms with van der Waals surface area (Å²) in [6, 6.07) is 0.409. The number of primary amides is 1. The van der Waals surface area contributed by atoms with Crippen LogP contribution in [0.3, 0.4) is 0 Å². The number of likely N-dealkylation sites (tertiary alicyclic amines) is 1. The van der Waals surface area contributed by atoms with Crippen LogP contribution in [0.2, 0.25) is 0 Å². The molecule has 1 fully saturated rings. The quantitative estimate of drug-likeness (QED) is 0.250. The van der Waals surface area contributed by atoms with Gasteiger partial charge in [-0.3, -0.25) is 9.79 Å². The first-order chi connectivity index (χ1) is 13.5. The first-order valence-electron chi connectivity index (χ1n) is 11.3. The van der Waals surface area contributed by atoms with Gasteiger partial charge >= 0.3 is 0 Å². The molecule has 2 unspecified atom stereocenters. The molecule has 7 nitrogen and oxygen atoms in total. The molecule has 28 heavy (non-hydrogen) atoms. The van der Waals surface area contributed by atoms with Crippen LogP contribution in [0.1, 0.15) is 59.8 Å². The van der Waals surface area contributed by atoms with Gasteiger partial charge in [0, 0.05) is 25.7 Å². The largest absolute Gasteiger partial charge is 0.369 e. The van der Waals surface area contributed by atoms with Crippen LogP contribution in [0.25, 0.3) is 0 Å². The Morgan fingerprint density at radius 1 is 1.29 bits per heavy atom. The van der Waals surface area contributed by atoms with Crippen molar-refractivity contribution in [1.82, 2.24) is 20.4 Å². The molecule has 0 bridgehead atoms. The van der Waals surface area contributed by atoms with Crippen LogP contribution in [-0.2, 0) is 4.79 Å². The summed E-state index contributed by atoms with van der Waals surface area (Å²) >= 11 is 0. The summed E-state index contributed by atoms with van der Waals surface area (Å²) in [6.07, 6.45) is 5.34. The summed E-state index contributed by atoms with van der Waals surface area (Å²) in [7, 11) is 0. The zero-order valence-electron chi connectivity index (χ0n) is 18.7. The molecule has 0 aromatic carbocycles. The number of carbonyl (C=O) groups is 1. The molecule has 1 amide bonds. The van der Waals surface area contributed by atoms with Crippen LogP contribution in [0.5, 0.6) is 0 Å². The number of nitrogens with one attached hydrogen (secondary N) is 2. The number of carbonyl (C=O) groups excluding carboxylic acids is 1. The van der Waals surface area contributed by atoms with Gasteiger partial charge in [0.2, 0.25) is 5.91 Å². The van der Waals surface area contributed by atoms with E-state index in [2.05, 4.69) is 48.1 Å². The summed E-state index contributed by atoms with van der Waals surface area (Å²) in [5, 5.41) is 6.88. The van der Waals surface area contributed by atoms with E-state index in [9.17, 15) is 4.79 Å². The number of piperidine rings is 1. The second-order valence-electron chi connectivity index (χ2n) is 7.87. The minimum absolute atomic E-state index is 0.0217. The molecule has 1 aliphatic heterocycles. The Morgan fingerprint density at radius 3 is 2.68 bits per heavy atom. The van der Waals surface area contributed by atoms with E-state index in [4.69, 9.17) is 10.7 Å². The van der Waals surface area contributed by atoms with Gasteiger partial charge in [-0.15, -0.1) is 0 Å². The van der Waals surface area contributed by atoms with E-state index in [-0.39, 0.29) is 11.8 Å². The highest BCUT2D eigenvalue weighted by atomic mass is 16.1. The minimum Gasteiger partial charge on any atom is -0.369 e. The Labute approximate surface area is 172 Å². The van der Waals surface area contributed by atoms with Crippen molar-refractivity contribution in [3.8, 4) is 0 Å². The minimum atomic E-state index is -0.156. The molecule has 164 valence electrons. The third-order valence-corrected chi connectivity index (χ3v) is 5.54. The Balaban J connectivity index is 2.31. The molecule has 0 radical (unpaired) electrons. The van der Waals surface area contributed by atoms with Crippen LogP contribution in [0.15, 0.2) is 4.99 Å². The lowest BCUT2D eigenvalue weighted by molar-refractivity contribution is -0.123. The van der Waals surface area contributed by atoms with E-state index in [1.165, 1.54) is 6.42 Å². The van der Waals surface area contributed by atoms with Crippen molar-refractivity contribution in [3.05, 3.63) is 0 Å². The van der Waals surface area contributed by atoms with Crippen LogP contribution in [0.4, 0.5) is 0 Å². The molecule has 1 saturated heterocycles. The summed E-state index contributed by atoms with van der Waals surface area (Å²) < 4.78 is 0. The van der Waals surface area contributed by atoms with Gasteiger partial charge in [0.05, 0.1) is 5.92 Å². The van der Waals surface area contributed by atoms with Gasteiger partial charge in [-0.2, -0.15) is 0 Å². The SMILES string of the molecule is CCNC(=NCCCN1CCCC(C(N)=O)C1)NC(C)CCCN(CC)CC. The van der Waals surface area contributed by atoms with Crippen LogP contribution < -0.4 is 16.4 Å². The van der Waals surface area contributed by atoms with Crippen molar-refractivity contribution < 1.29 is 4.79 Å². The number of guanidine groups is 1. The predicted octanol–water partition coefficient (Wildman–Crippen LogP) is 1.64. The predicted molar refractivity (Wildman–Crippen MR) is 119 cm³/mol. The van der Waals surface area contributed by atoms with E-state index < -0.39 is 0 Å². The van der Waals surface area contributed by atoms with Crippen LogP contribution in [-0.4, -0.2) is 80.1 Å². The first kappa shape index (κ1) is 24.7. The third kappa shape index (κ3) is 10.3. The molecule has 0 spiro atoms. The number of hydrogen-bond donors (Lipinski definition) is 3. The van der Waals surface area contributed by atoms with Gasteiger partial charge in [0.15, 0.2) is 5.96 Å². The second-order valence-corrected chi connectivity index (χ2v) is 7.87. The van der Waals surface area contributed by atoms with Crippen LogP contribution in [0, 0.1) is 5.92 Å². The number of rotatable bonds is 13. The average Bonchev–Trinajstić information content (AvgIpc) is 2.69. The highest BCUT2D eigenvalue weighted by Gasteiger charge is 2.23. The molecule has 0 aromatic rings. The van der Waals surface area contributed by atoms with Crippen molar-refractivity contribution in [2.24, 2.45) is 16.6 Å². The van der Waals surface area contributed by atoms with Crippen molar-refractivity contribution in [2.75, 3.05) is 52.4 Å². The lowest BCUT2D eigenvalue weighted by Crippen LogP contribution is -2.43. The van der Waals surface area contributed by atoms with Gasteiger partial charge in [-0.1, -0.05) is 13.8 Å². The lowest BCUT2D eigenvalue weighted by Gasteiger charge is -2.30. The monoisotopic (exact) mass is 396 g/mol. The second kappa shape index (κ2) is 14.6. The molecule has 1 heterocycles. The topological polar surface area (TPSA) is 86.0 Å². The number of aliphatic imine (C=N–C) groups is 1. The average molecular weight is 397 g/mol. The van der Waals surface area contributed by atoms with Crippen molar-refractivity contribution in [3.63, 3.8) is 0 Å². The molecular weight excluding hydrogens is 352 g/mol. The van der Waals surface area contributed by atoms with Crippen molar-refractivity contribution in [1.29, 1.82) is 0 Å². The third-order valence-electron chi connectivity index (χ3n) is 5.54. The first-order valence-corrected chi connectivity index (χ1v) is 11.3. The molecule has 1 aliphatic rings. The highest BCUT2D eigenvalue weighted by molar-refractivity contribution is 5.80. The van der Waals surface area contributed by atoms with Crippen LogP contribution >= 0.6 is 0 Å². The van der Waals surface area contributed by atoms with Gasteiger partial charge < -0.3 is 26.2 Å². The highest BCUT2D eigenvalue weighted by Crippen LogP contribution is 2.15. The normalized spacial score (nSPS) is 19.6. The lowest BCUT2D eigenvalue weighted by atomic mass is 9.97. The van der Waals surface area contributed by atoms with E-state index in [0.29, 0.717) is 6.04 Å². The Hall–Kier alpha value is -1.34. The fraction of sp³-hybridized carbons (Fsp3) is 0.905. The number of amides is 1. The van der Waals surface area contributed by atoms with E-state index in [1.54, 1.807) is 0 Å². The van der Waals surface area contributed by atoms with Crippen molar-refractivity contribution in [2.45, 2.75) is 65.8 Å². The fourth-order valence-corrected chi connectivity index (χ4v) is 3.76. The standard InChI is InChI=1S/C21H44N6O/c1-5-23-21(25-18(4)11-8-14-26(6-2)7-3)24-13-10-16-27-15-9-12-19(17-27)20(22)28/h18-19H,5-17H2,1-4H3,(H2,22,28)(H2,23,24,25). The maximum Gasteiger partial charge on any atom is 0.221 e. The molecule has 1 rings (SSSR count). The zero-order valence-corrected chi connectivity index (χ0v) is 18.7. The molecule has 0 aliphatic carbocycles. The number of nitrogens with zero attached hydrogens (tertiary/aromatic N) is 3. The van der Waals surface area contributed by atoms with Gasteiger partial charge in [-0.05, 0) is 78.7 Å². The van der Waals surface area contributed by atoms with E-state index in [1.807, 2.05) is 0 Å². The molecular formula is C21H44N6O. The Kier molecular flexibility index (Phi) is 12.9. The summed E-state index contributed by atoms with van der Waals surface area (Å²) in [6.45, 7) is 16.7. The van der Waals surface area contributed by atoms with Gasteiger partial charge in [-0.25, -0.2) is 0 Å². The Bertz CT molecular complexity index is 452. The molecule has 2 atom stereocenters. The molecule has 0 saturated carbocycles.